The molecule has 0 aromatic carbocycles. The minimum absolute atomic E-state index is 0.157. The fourth-order valence-corrected chi connectivity index (χ4v) is 3.26. The molecule has 1 fully saturated rings. The molecule has 0 N–H and O–H groups in total. The first-order valence-electron chi connectivity index (χ1n) is 7.26. The molecule has 0 radical (unpaired) electrons. The quantitative estimate of drug-likeness (QED) is 0.456. The Kier molecular flexibility index (Phi) is 6.11. The molecule has 1 aromatic heterocycles. The van der Waals surface area contributed by atoms with Gasteiger partial charge in [-0.3, -0.25) is 4.79 Å². The van der Waals surface area contributed by atoms with Gasteiger partial charge in [-0.15, -0.1) is 0 Å². The molecular weight excluding hydrogens is 308 g/mol. The number of thioether (sulfide) groups is 1. The lowest BCUT2D eigenvalue weighted by molar-refractivity contribution is -0.127. The van der Waals surface area contributed by atoms with E-state index in [1.807, 2.05) is 16.8 Å². The average molecular weight is 329 g/mol. The number of likely N-dealkylation sites (tertiary alicyclic amines) is 1. The maximum Gasteiger partial charge on any atom is 0.233 e. The van der Waals surface area contributed by atoms with Crippen LogP contribution in [0.25, 0.3) is 0 Å². The molecule has 7 heteroatoms. The molecule has 2 heterocycles. The lowest BCUT2D eigenvalue weighted by atomic mass is 10.4. The van der Waals surface area contributed by atoms with Gasteiger partial charge in [-0.25, -0.2) is 9.97 Å². The van der Waals surface area contributed by atoms with Gasteiger partial charge in [0.2, 0.25) is 5.91 Å². The van der Waals surface area contributed by atoms with Gasteiger partial charge in [0.1, 0.15) is 11.0 Å². The number of hydrogen-bond acceptors (Lipinski definition) is 5. The van der Waals surface area contributed by atoms with E-state index < -0.39 is 0 Å². The van der Waals surface area contributed by atoms with Crippen LogP contribution >= 0.6 is 23.4 Å². The van der Waals surface area contributed by atoms with Crippen LogP contribution in [0.4, 0.5) is 5.82 Å². The topological polar surface area (TPSA) is 49.3 Å². The van der Waals surface area contributed by atoms with Gasteiger partial charge in [-0.1, -0.05) is 30.3 Å². The summed E-state index contributed by atoms with van der Waals surface area (Å²) in [5, 5.41) is 0.979. The van der Waals surface area contributed by atoms with Crippen LogP contribution in [0.1, 0.15) is 26.2 Å². The standard InChI is InChI=1S/C14H21ClN4OS/c1-3-6-18(2)12-9-11(15)16-14(17-12)21-10-13(20)19-7-4-5-8-19/h9H,3-8,10H2,1-2H3. The Morgan fingerprint density at radius 1 is 1.43 bits per heavy atom. The lowest BCUT2D eigenvalue weighted by Crippen LogP contribution is -2.29. The molecule has 0 atom stereocenters. The fraction of sp³-hybridized carbons (Fsp3) is 0.643. The Morgan fingerprint density at radius 2 is 2.14 bits per heavy atom. The van der Waals surface area contributed by atoms with Gasteiger partial charge in [0.15, 0.2) is 5.16 Å². The van der Waals surface area contributed by atoms with Crippen molar-refractivity contribution in [3.8, 4) is 0 Å². The summed E-state index contributed by atoms with van der Waals surface area (Å²) in [4.78, 5) is 24.6. The number of amides is 1. The van der Waals surface area contributed by atoms with E-state index in [1.165, 1.54) is 11.8 Å². The van der Waals surface area contributed by atoms with E-state index in [2.05, 4.69) is 16.9 Å². The zero-order valence-electron chi connectivity index (χ0n) is 12.5. The highest BCUT2D eigenvalue weighted by atomic mass is 35.5. The van der Waals surface area contributed by atoms with Crippen molar-refractivity contribution in [3.63, 3.8) is 0 Å². The maximum atomic E-state index is 12.0. The highest BCUT2D eigenvalue weighted by molar-refractivity contribution is 7.99. The van der Waals surface area contributed by atoms with Crippen molar-refractivity contribution >= 4 is 35.1 Å². The van der Waals surface area contributed by atoms with Crippen LogP contribution in [0.15, 0.2) is 11.2 Å². The summed E-state index contributed by atoms with van der Waals surface area (Å²) in [7, 11) is 1.98. The molecule has 0 spiro atoms. The van der Waals surface area contributed by atoms with Crippen LogP contribution in [0.3, 0.4) is 0 Å². The molecule has 0 unspecified atom stereocenters. The first-order valence-corrected chi connectivity index (χ1v) is 8.63. The average Bonchev–Trinajstić information content (AvgIpc) is 2.98. The predicted molar refractivity (Wildman–Crippen MR) is 87.1 cm³/mol. The molecule has 0 aliphatic carbocycles. The SMILES string of the molecule is CCCN(C)c1cc(Cl)nc(SCC(=O)N2CCCC2)n1. The molecule has 2 rings (SSSR count). The molecule has 1 aliphatic heterocycles. The molecule has 0 saturated carbocycles. The smallest absolute Gasteiger partial charge is 0.233 e. The molecule has 1 aromatic rings. The van der Waals surface area contributed by atoms with E-state index in [0.717, 1.165) is 44.7 Å². The van der Waals surface area contributed by atoms with E-state index >= 15 is 0 Å². The second-order valence-electron chi connectivity index (χ2n) is 5.13. The van der Waals surface area contributed by atoms with E-state index in [1.54, 1.807) is 6.07 Å². The maximum absolute atomic E-state index is 12.0. The third kappa shape index (κ3) is 4.74. The molecule has 5 nitrogen and oxygen atoms in total. The summed E-state index contributed by atoms with van der Waals surface area (Å²) in [6.07, 6.45) is 3.25. The van der Waals surface area contributed by atoms with Gasteiger partial charge >= 0.3 is 0 Å². The number of carbonyl (C=O) groups excluding carboxylic acids is 1. The van der Waals surface area contributed by atoms with Gasteiger partial charge in [0, 0.05) is 32.7 Å². The largest absolute Gasteiger partial charge is 0.360 e. The molecule has 1 aliphatic rings. The summed E-state index contributed by atoms with van der Waals surface area (Å²) < 4.78 is 0. The van der Waals surface area contributed by atoms with Crippen LogP contribution in [0.2, 0.25) is 5.15 Å². The summed E-state index contributed by atoms with van der Waals surface area (Å²) in [6, 6.07) is 1.75. The van der Waals surface area contributed by atoms with Crippen molar-refractivity contribution in [1.82, 2.24) is 14.9 Å². The summed E-state index contributed by atoms with van der Waals surface area (Å²) in [5.74, 6) is 1.33. The summed E-state index contributed by atoms with van der Waals surface area (Å²) in [5.41, 5.74) is 0. The van der Waals surface area contributed by atoms with Crippen LogP contribution in [-0.4, -0.2) is 53.2 Å². The fourth-order valence-electron chi connectivity index (χ4n) is 2.28. The van der Waals surface area contributed by atoms with Crippen LogP contribution in [0, 0.1) is 0 Å². The number of aromatic nitrogens is 2. The van der Waals surface area contributed by atoms with Crippen LogP contribution in [0.5, 0.6) is 0 Å². The lowest BCUT2D eigenvalue weighted by Gasteiger charge is -2.18. The molecule has 116 valence electrons. The van der Waals surface area contributed by atoms with E-state index in [0.29, 0.717) is 16.1 Å². The van der Waals surface area contributed by atoms with Crippen LogP contribution < -0.4 is 4.90 Å². The normalized spacial score (nSPS) is 14.5. The van der Waals surface area contributed by atoms with Gasteiger partial charge in [-0.2, -0.15) is 0 Å². The first-order chi connectivity index (χ1) is 10.1. The van der Waals surface area contributed by atoms with Crippen molar-refractivity contribution in [2.45, 2.75) is 31.3 Å². The molecule has 1 saturated heterocycles. The minimum atomic E-state index is 0.157. The molecule has 1 amide bonds. The highest BCUT2D eigenvalue weighted by Gasteiger charge is 2.18. The van der Waals surface area contributed by atoms with E-state index in [9.17, 15) is 4.79 Å². The number of carbonyl (C=O) groups is 1. The number of rotatable bonds is 6. The summed E-state index contributed by atoms with van der Waals surface area (Å²) in [6.45, 7) is 4.77. The second-order valence-corrected chi connectivity index (χ2v) is 6.46. The van der Waals surface area contributed by atoms with Gasteiger partial charge in [0.05, 0.1) is 5.75 Å². The number of anilines is 1. The Hall–Kier alpha value is -1.01. The summed E-state index contributed by atoms with van der Waals surface area (Å²) >= 11 is 7.40. The van der Waals surface area contributed by atoms with Crippen molar-refractivity contribution in [1.29, 1.82) is 0 Å². The number of halogens is 1. The molecule has 21 heavy (non-hydrogen) atoms. The monoisotopic (exact) mass is 328 g/mol. The van der Waals surface area contributed by atoms with Crippen molar-refractivity contribution in [2.24, 2.45) is 0 Å². The number of nitrogens with zero attached hydrogens (tertiary/aromatic N) is 4. The van der Waals surface area contributed by atoms with Gasteiger partial charge < -0.3 is 9.80 Å². The van der Waals surface area contributed by atoms with Gasteiger partial charge in [0.25, 0.3) is 0 Å². The van der Waals surface area contributed by atoms with Crippen molar-refractivity contribution in [3.05, 3.63) is 11.2 Å². The zero-order chi connectivity index (χ0) is 15.2. The Labute approximate surface area is 135 Å². The Balaban J connectivity index is 1.97. The third-order valence-corrected chi connectivity index (χ3v) is 4.42. The first kappa shape index (κ1) is 16.4. The zero-order valence-corrected chi connectivity index (χ0v) is 14.1. The second kappa shape index (κ2) is 7.84. The Morgan fingerprint density at radius 3 is 2.81 bits per heavy atom. The number of hydrogen-bond donors (Lipinski definition) is 0. The minimum Gasteiger partial charge on any atom is -0.360 e. The molecule has 0 bridgehead atoms. The highest BCUT2D eigenvalue weighted by Crippen LogP contribution is 2.22. The van der Waals surface area contributed by atoms with Crippen molar-refractivity contribution < 1.29 is 4.79 Å². The van der Waals surface area contributed by atoms with Crippen molar-refractivity contribution in [2.75, 3.05) is 37.3 Å². The van der Waals surface area contributed by atoms with Crippen LogP contribution in [-0.2, 0) is 4.79 Å². The van der Waals surface area contributed by atoms with Gasteiger partial charge in [-0.05, 0) is 19.3 Å². The van der Waals surface area contributed by atoms with E-state index in [-0.39, 0.29) is 5.91 Å². The Bertz CT molecular complexity index is 494. The third-order valence-electron chi connectivity index (χ3n) is 3.39. The molecular formula is C14H21ClN4OS. The van der Waals surface area contributed by atoms with E-state index in [4.69, 9.17) is 11.6 Å². The predicted octanol–water partition coefficient (Wildman–Crippen LogP) is 2.69.